The number of anilines is 2. The molecule has 1 amide bonds. The molecule has 0 aliphatic rings. The Balaban J connectivity index is 2.18. The van der Waals surface area contributed by atoms with Crippen molar-refractivity contribution in [3.63, 3.8) is 0 Å². The molecular weight excluding hydrogens is 483 g/mol. The van der Waals surface area contributed by atoms with Crippen molar-refractivity contribution in [3.05, 3.63) is 82.1 Å². The highest BCUT2D eigenvalue weighted by molar-refractivity contribution is 7.92. The van der Waals surface area contributed by atoms with E-state index in [0.717, 1.165) is 16.1 Å². The molecule has 0 bridgehead atoms. The predicted octanol–water partition coefficient (Wildman–Crippen LogP) is 5.02. The average Bonchev–Trinajstić information content (AvgIpc) is 2.79. The number of nitrogens with one attached hydrogen (secondary N) is 1. The van der Waals surface area contributed by atoms with Gasteiger partial charge in [0, 0.05) is 22.3 Å². The van der Waals surface area contributed by atoms with Crippen molar-refractivity contribution in [2.24, 2.45) is 0 Å². The summed E-state index contributed by atoms with van der Waals surface area (Å²) in [6, 6.07) is 13.6. The molecule has 0 fully saturated rings. The number of aryl methyl sites for hydroxylation is 1. The van der Waals surface area contributed by atoms with Gasteiger partial charge >= 0.3 is 0 Å². The number of sulfonamides is 1. The summed E-state index contributed by atoms with van der Waals surface area (Å²) < 4.78 is 51.6. The summed E-state index contributed by atoms with van der Waals surface area (Å²) in [6.45, 7) is 1.46. The van der Waals surface area contributed by atoms with Gasteiger partial charge in [0.1, 0.15) is 5.82 Å². The number of carbonyl (C=O) groups excluding carboxylic acids is 1. The molecule has 0 unspecified atom stereocenters. The maximum Gasteiger partial charge on any atom is 0.257 e. The van der Waals surface area contributed by atoms with Gasteiger partial charge in [-0.3, -0.25) is 9.10 Å². The zero-order valence-electron chi connectivity index (χ0n) is 19.1. The van der Waals surface area contributed by atoms with Gasteiger partial charge in [-0.15, -0.1) is 0 Å². The lowest BCUT2D eigenvalue weighted by molar-refractivity contribution is 0.102. The number of nitrogens with zero attached hydrogens (tertiary/aromatic N) is 1. The average molecular weight is 507 g/mol. The minimum Gasteiger partial charge on any atom is -0.493 e. The second-order valence-corrected chi connectivity index (χ2v) is 9.84. The van der Waals surface area contributed by atoms with Crippen LogP contribution in [0, 0.1) is 12.7 Å². The van der Waals surface area contributed by atoms with Crippen LogP contribution in [0.4, 0.5) is 15.8 Å². The standard InChI is InChI=1S/C24H24ClFN2O5S/c1-15-9-10-17(25)11-20(15)27-24(29)18-12-22(32-2)23(33-3)13-21(18)28(34(4,30)31)14-16-7-5-6-8-19(16)26/h5-13H,14H2,1-4H3,(H,27,29). The number of carbonyl (C=O) groups is 1. The van der Waals surface area contributed by atoms with E-state index in [2.05, 4.69) is 5.32 Å². The third-order valence-corrected chi connectivity index (χ3v) is 6.50. The van der Waals surface area contributed by atoms with Crippen molar-refractivity contribution in [2.75, 3.05) is 30.1 Å². The predicted molar refractivity (Wildman–Crippen MR) is 131 cm³/mol. The van der Waals surface area contributed by atoms with Crippen molar-refractivity contribution < 1.29 is 27.1 Å². The first kappa shape index (κ1) is 25.3. The van der Waals surface area contributed by atoms with Gasteiger partial charge in [0.15, 0.2) is 11.5 Å². The lowest BCUT2D eigenvalue weighted by atomic mass is 10.1. The Morgan fingerprint density at radius 1 is 1.06 bits per heavy atom. The highest BCUT2D eigenvalue weighted by atomic mass is 35.5. The first-order chi connectivity index (χ1) is 16.0. The van der Waals surface area contributed by atoms with E-state index >= 15 is 0 Å². The molecule has 0 aliphatic carbocycles. The van der Waals surface area contributed by atoms with Gasteiger partial charge in [-0.2, -0.15) is 0 Å². The molecule has 3 rings (SSSR count). The molecule has 0 saturated carbocycles. The fraction of sp³-hybridized carbons (Fsp3) is 0.208. The molecule has 180 valence electrons. The smallest absolute Gasteiger partial charge is 0.257 e. The number of amides is 1. The molecule has 0 aromatic heterocycles. The maximum absolute atomic E-state index is 14.4. The fourth-order valence-electron chi connectivity index (χ4n) is 3.34. The zero-order valence-corrected chi connectivity index (χ0v) is 20.6. The Bertz CT molecular complexity index is 1330. The lowest BCUT2D eigenvalue weighted by Crippen LogP contribution is -2.32. The Labute approximate surface area is 203 Å². The van der Waals surface area contributed by atoms with Crippen LogP contribution < -0.4 is 19.1 Å². The van der Waals surface area contributed by atoms with Crippen molar-refractivity contribution >= 4 is 38.9 Å². The summed E-state index contributed by atoms with van der Waals surface area (Å²) in [6.07, 6.45) is 0.980. The van der Waals surface area contributed by atoms with E-state index in [0.29, 0.717) is 10.7 Å². The van der Waals surface area contributed by atoms with Crippen LogP contribution in [0.25, 0.3) is 0 Å². The quantitative estimate of drug-likeness (QED) is 0.463. The number of benzene rings is 3. The van der Waals surface area contributed by atoms with Crippen molar-refractivity contribution in [1.29, 1.82) is 0 Å². The van der Waals surface area contributed by atoms with Crippen LogP contribution in [0.5, 0.6) is 11.5 Å². The molecule has 0 radical (unpaired) electrons. The highest BCUT2D eigenvalue weighted by Crippen LogP contribution is 2.37. The molecule has 3 aromatic rings. The molecular formula is C24H24ClFN2O5S. The number of hydrogen-bond donors (Lipinski definition) is 1. The van der Waals surface area contributed by atoms with Gasteiger partial charge in [-0.25, -0.2) is 12.8 Å². The van der Waals surface area contributed by atoms with Crippen LogP contribution in [0.1, 0.15) is 21.5 Å². The molecule has 0 spiro atoms. The SMILES string of the molecule is COc1cc(C(=O)Nc2cc(Cl)ccc2C)c(N(Cc2ccccc2F)S(C)(=O)=O)cc1OC. The van der Waals surface area contributed by atoms with Crippen LogP contribution in [-0.2, 0) is 16.6 Å². The largest absolute Gasteiger partial charge is 0.493 e. The molecule has 0 aliphatic heterocycles. The van der Waals surface area contributed by atoms with Gasteiger partial charge < -0.3 is 14.8 Å². The lowest BCUT2D eigenvalue weighted by Gasteiger charge is -2.26. The van der Waals surface area contributed by atoms with Crippen molar-refractivity contribution in [3.8, 4) is 11.5 Å². The summed E-state index contributed by atoms with van der Waals surface area (Å²) in [5.74, 6) is -0.755. The number of ether oxygens (including phenoxy) is 2. The van der Waals surface area contributed by atoms with Crippen LogP contribution in [0.3, 0.4) is 0 Å². The van der Waals surface area contributed by atoms with Crippen LogP contribution in [0.2, 0.25) is 5.02 Å². The summed E-state index contributed by atoms with van der Waals surface area (Å²) in [4.78, 5) is 13.4. The van der Waals surface area contributed by atoms with Gasteiger partial charge in [0.05, 0.1) is 38.3 Å². The van der Waals surface area contributed by atoms with Crippen molar-refractivity contribution in [1.82, 2.24) is 0 Å². The first-order valence-corrected chi connectivity index (χ1v) is 12.3. The molecule has 34 heavy (non-hydrogen) atoms. The first-order valence-electron chi connectivity index (χ1n) is 10.1. The summed E-state index contributed by atoms with van der Waals surface area (Å²) >= 11 is 6.07. The zero-order chi connectivity index (χ0) is 25.0. The second-order valence-electron chi connectivity index (χ2n) is 7.50. The number of hydrogen-bond acceptors (Lipinski definition) is 5. The molecule has 7 nitrogen and oxygen atoms in total. The van der Waals surface area contributed by atoms with Crippen LogP contribution >= 0.6 is 11.6 Å². The van der Waals surface area contributed by atoms with Gasteiger partial charge in [-0.05, 0) is 36.8 Å². The minimum absolute atomic E-state index is 0.000541. The normalized spacial score (nSPS) is 11.1. The number of rotatable bonds is 8. The third kappa shape index (κ3) is 5.60. The molecule has 1 N–H and O–H groups in total. The Hall–Kier alpha value is -3.30. The monoisotopic (exact) mass is 506 g/mol. The minimum atomic E-state index is -3.95. The van der Waals surface area contributed by atoms with E-state index in [-0.39, 0.29) is 34.9 Å². The van der Waals surface area contributed by atoms with Gasteiger partial charge in [0.25, 0.3) is 5.91 Å². The van der Waals surface area contributed by atoms with E-state index in [1.54, 1.807) is 31.2 Å². The number of halogens is 2. The molecule has 10 heteroatoms. The number of methoxy groups -OCH3 is 2. The molecule has 0 heterocycles. The van der Waals surface area contributed by atoms with Crippen LogP contribution in [0.15, 0.2) is 54.6 Å². The van der Waals surface area contributed by atoms with Crippen LogP contribution in [-0.4, -0.2) is 34.8 Å². The highest BCUT2D eigenvalue weighted by Gasteiger charge is 2.27. The molecule has 3 aromatic carbocycles. The summed E-state index contributed by atoms with van der Waals surface area (Å²) in [7, 11) is -1.17. The summed E-state index contributed by atoms with van der Waals surface area (Å²) in [5.41, 5.74) is 1.34. The third-order valence-electron chi connectivity index (χ3n) is 5.14. The van der Waals surface area contributed by atoms with Crippen molar-refractivity contribution in [2.45, 2.75) is 13.5 Å². The second kappa shape index (κ2) is 10.3. The van der Waals surface area contributed by atoms with E-state index in [1.165, 1.54) is 44.6 Å². The Morgan fingerprint density at radius 3 is 2.32 bits per heavy atom. The fourth-order valence-corrected chi connectivity index (χ4v) is 4.39. The maximum atomic E-state index is 14.4. The molecule has 0 atom stereocenters. The molecule has 0 saturated heterocycles. The van der Waals surface area contributed by atoms with E-state index < -0.39 is 21.7 Å². The Morgan fingerprint density at radius 2 is 1.71 bits per heavy atom. The van der Waals surface area contributed by atoms with E-state index in [1.807, 2.05) is 0 Å². The topological polar surface area (TPSA) is 84.9 Å². The van der Waals surface area contributed by atoms with Gasteiger partial charge in [-0.1, -0.05) is 35.9 Å². The Kier molecular flexibility index (Phi) is 7.68. The summed E-state index contributed by atoms with van der Waals surface area (Å²) in [5, 5.41) is 3.18. The van der Waals surface area contributed by atoms with E-state index in [9.17, 15) is 17.6 Å². The van der Waals surface area contributed by atoms with E-state index in [4.69, 9.17) is 21.1 Å². The van der Waals surface area contributed by atoms with Gasteiger partial charge in [0.2, 0.25) is 10.0 Å².